The van der Waals surface area contributed by atoms with Gasteiger partial charge in [-0.25, -0.2) is 0 Å². The Kier molecular flexibility index (Phi) is 4.87. The van der Waals surface area contributed by atoms with Crippen LogP contribution in [0.1, 0.15) is 115 Å². The van der Waals surface area contributed by atoms with Crippen LogP contribution in [0.2, 0.25) is 0 Å². The molecular formula is C49H43N3O2. The third-order valence-electron chi connectivity index (χ3n) is 15.6. The van der Waals surface area contributed by atoms with Gasteiger partial charge in [0, 0.05) is 27.0 Å². The maximum Gasteiger partial charge on any atom is 0.199 e. The summed E-state index contributed by atoms with van der Waals surface area (Å²) in [6, 6.07) is 22.5. The molecule has 0 aliphatic heterocycles. The Morgan fingerprint density at radius 1 is 0.574 bits per heavy atom. The number of rotatable bonds is 0. The first-order chi connectivity index (χ1) is 25.7. The van der Waals surface area contributed by atoms with E-state index in [0.29, 0.717) is 10.8 Å². The van der Waals surface area contributed by atoms with Crippen LogP contribution in [0.3, 0.4) is 0 Å². The van der Waals surface area contributed by atoms with Crippen molar-refractivity contribution in [1.29, 1.82) is 0 Å². The van der Waals surface area contributed by atoms with E-state index >= 15 is 9.59 Å². The Labute approximate surface area is 312 Å². The van der Waals surface area contributed by atoms with Crippen molar-refractivity contribution in [3.8, 4) is 0 Å². The molecule has 0 radical (unpaired) electrons. The number of allylic oxidation sites excluding steroid dienone is 2. The molecule has 5 heterocycles. The fourth-order valence-corrected chi connectivity index (χ4v) is 12.3. The average Bonchev–Trinajstić information content (AvgIpc) is 3.60. The molecule has 6 aliphatic carbocycles. The predicted octanol–water partition coefficient (Wildman–Crippen LogP) is 11.0. The third kappa shape index (κ3) is 3.11. The molecule has 6 aliphatic rings. The van der Waals surface area contributed by atoms with E-state index in [1.807, 2.05) is 0 Å². The smallest absolute Gasteiger partial charge is 0.199 e. The molecule has 54 heavy (non-hydrogen) atoms. The Balaban J connectivity index is 1.39. The lowest BCUT2D eigenvalue weighted by Gasteiger charge is -2.52. The highest BCUT2D eigenvalue weighted by Gasteiger charge is 2.48. The summed E-state index contributed by atoms with van der Waals surface area (Å²) in [5.74, 6) is 0. The van der Waals surface area contributed by atoms with Crippen molar-refractivity contribution >= 4 is 76.8 Å². The van der Waals surface area contributed by atoms with E-state index in [9.17, 15) is 0 Å². The van der Waals surface area contributed by atoms with E-state index in [4.69, 9.17) is 0 Å². The monoisotopic (exact) mass is 705 g/mol. The number of fused-ring (bicyclic) bond motifs is 11. The minimum absolute atomic E-state index is 0.0102. The second-order valence-corrected chi connectivity index (χ2v) is 19.8. The largest absolute Gasteiger partial charge is 0.293 e. The van der Waals surface area contributed by atoms with E-state index in [-0.39, 0.29) is 32.5 Å². The molecule has 15 rings (SSSR count). The molecule has 4 bridgehead atoms. The summed E-state index contributed by atoms with van der Waals surface area (Å²) in [6.07, 6.45) is 6.96. The minimum Gasteiger partial charge on any atom is -0.293 e. The first kappa shape index (κ1) is 30.2. The molecule has 0 atom stereocenters. The van der Waals surface area contributed by atoms with Crippen molar-refractivity contribution in [1.82, 2.24) is 13.2 Å². The maximum absolute atomic E-state index is 15.5. The molecular weight excluding hydrogens is 663 g/mol. The summed E-state index contributed by atoms with van der Waals surface area (Å²) < 4.78 is 7.10. The highest BCUT2D eigenvalue weighted by atomic mass is 16.1. The number of para-hydroxylation sites is 2. The zero-order chi connectivity index (χ0) is 36.7. The molecule has 4 aromatic carbocycles. The molecule has 0 saturated heterocycles. The Morgan fingerprint density at radius 3 is 1.61 bits per heavy atom. The second kappa shape index (κ2) is 8.70. The van der Waals surface area contributed by atoms with Crippen LogP contribution in [0.5, 0.6) is 0 Å². The van der Waals surface area contributed by atoms with Gasteiger partial charge >= 0.3 is 0 Å². The summed E-state index contributed by atoms with van der Waals surface area (Å²) in [4.78, 5) is 30.9. The fourth-order valence-electron chi connectivity index (χ4n) is 12.3. The Bertz CT molecular complexity index is 3450. The molecule has 0 unspecified atom stereocenters. The summed E-state index contributed by atoms with van der Waals surface area (Å²) >= 11 is 0. The summed E-state index contributed by atoms with van der Waals surface area (Å²) in [7, 11) is 0. The van der Waals surface area contributed by atoms with Crippen molar-refractivity contribution in [3.63, 3.8) is 0 Å². The van der Waals surface area contributed by atoms with Gasteiger partial charge in [-0.05, 0) is 144 Å². The lowest BCUT2D eigenvalue weighted by atomic mass is 9.52. The molecule has 2 fully saturated rings. The van der Waals surface area contributed by atoms with E-state index in [2.05, 4.69) is 122 Å². The van der Waals surface area contributed by atoms with Crippen molar-refractivity contribution in [2.24, 2.45) is 0 Å². The van der Waals surface area contributed by atoms with Gasteiger partial charge in [0.25, 0.3) is 0 Å². The van der Waals surface area contributed by atoms with Gasteiger partial charge < -0.3 is 0 Å². The summed E-state index contributed by atoms with van der Waals surface area (Å²) in [6.45, 7) is 16.1. The normalized spacial score (nSPS) is 23.4. The average molecular weight is 706 g/mol. The van der Waals surface area contributed by atoms with Crippen LogP contribution in [0, 0.1) is 0 Å². The van der Waals surface area contributed by atoms with Gasteiger partial charge in [-0.15, -0.1) is 0 Å². The van der Waals surface area contributed by atoms with Crippen molar-refractivity contribution < 1.29 is 0 Å². The van der Waals surface area contributed by atoms with E-state index in [1.165, 1.54) is 53.5 Å². The van der Waals surface area contributed by atoms with Gasteiger partial charge in [0.1, 0.15) is 11.3 Å². The van der Waals surface area contributed by atoms with Gasteiger partial charge in [-0.2, -0.15) is 0 Å². The van der Waals surface area contributed by atoms with Crippen LogP contribution in [-0.4, -0.2) is 13.2 Å². The molecule has 0 N–H and O–H groups in total. The molecule has 2 saturated carbocycles. The number of pyridine rings is 2. The molecule has 9 aromatic rings. The van der Waals surface area contributed by atoms with Crippen molar-refractivity contribution in [2.45, 2.75) is 109 Å². The summed E-state index contributed by atoms with van der Waals surface area (Å²) in [5, 5.41) is 4.79. The maximum atomic E-state index is 15.5. The van der Waals surface area contributed by atoms with E-state index < -0.39 is 0 Å². The van der Waals surface area contributed by atoms with Gasteiger partial charge in [-0.1, -0.05) is 59.2 Å². The molecule has 0 spiro atoms. The lowest BCUT2D eigenvalue weighted by molar-refractivity contribution is 0.188. The van der Waals surface area contributed by atoms with E-state index in [0.717, 1.165) is 78.8 Å². The standard InChI is InChI=1S/C49H43N3O2/c1-24-25-22-49(7,23-25)32-20-37-28(18-27(24)32)39-42(53)30-16-26(46(2,3)4)17-31-41(30)52-44(39)50(37)35-10-8-9-11-36(35)51-38-21-34-33(19-29(38)40(43(31)54)45(51)52)47(5)12-14-48(34,6)15-13-47/h8-11,16-21H,12-15,22-23H2,1-7H3. The lowest BCUT2D eigenvalue weighted by Crippen LogP contribution is -2.44. The number of hydrogen-bond acceptors (Lipinski definition) is 2. The van der Waals surface area contributed by atoms with Crippen LogP contribution >= 0.6 is 0 Å². The second-order valence-electron chi connectivity index (χ2n) is 19.8. The molecule has 266 valence electrons. The van der Waals surface area contributed by atoms with Crippen LogP contribution in [0.4, 0.5) is 0 Å². The van der Waals surface area contributed by atoms with Crippen LogP contribution in [-0.2, 0) is 21.7 Å². The zero-order valence-electron chi connectivity index (χ0n) is 32.2. The van der Waals surface area contributed by atoms with Crippen molar-refractivity contribution in [3.05, 3.63) is 115 Å². The highest BCUT2D eigenvalue weighted by Crippen LogP contribution is 2.59. The van der Waals surface area contributed by atoms with E-state index in [1.54, 1.807) is 5.57 Å². The van der Waals surface area contributed by atoms with Crippen molar-refractivity contribution in [2.75, 3.05) is 0 Å². The number of hydrogen-bond donors (Lipinski definition) is 0. The van der Waals surface area contributed by atoms with Gasteiger partial charge in [-0.3, -0.25) is 22.8 Å². The van der Waals surface area contributed by atoms with Crippen LogP contribution in [0.25, 0.3) is 76.8 Å². The zero-order valence-corrected chi connectivity index (χ0v) is 32.2. The van der Waals surface area contributed by atoms with Crippen LogP contribution < -0.4 is 10.9 Å². The predicted molar refractivity (Wildman–Crippen MR) is 223 cm³/mol. The molecule has 5 aromatic heterocycles. The Hall–Kier alpha value is -5.16. The minimum atomic E-state index is -0.259. The first-order valence-corrected chi connectivity index (χ1v) is 20.0. The quantitative estimate of drug-likeness (QED) is 0.158. The molecule has 5 nitrogen and oxygen atoms in total. The van der Waals surface area contributed by atoms with Gasteiger partial charge in [0.15, 0.2) is 10.9 Å². The molecule has 0 amide bonds. The van der Waals surface area contributed by atoms with Gasteiger partial charge in [0.2, 0.25) is 0 Å². The number of aromatic nitrogens is 3. The number of nitrogens with zero attached hydrogens (tertiary/aromatic N) is 3. The van der Waals surface area contributed by atoms with Gasteiger partial charge in [0.05, 0.1) is 38.4 Å². The first-order valence-electron chi connectivity index (χ1n) is 20.0. The van der Waals surface area contributed by atoms with Crippen LogP contribution in [0.15, 0.2) is 75.8 Å². The highest BCUT2D eigenvalue weighted by molar-refractivity contribution is 6.20. The summed E-state index contributed by atoms with van der Waals surface area (Å²) in [5.41, 5.74) is 16.3. The topological polar surface area (TPSA) is 47.4 Å². The fraction of sp³-hybridized carbons (Fsp3) is 0.347. The SMILES string of the molecule is CC1=C2CC(C)(C2)c2cc3c(cc21)c1c(=O)c2cc(C(C)(C)C)cc4c(=O)c5c6cc7c(cc6n6c8ccccc8n3c1n(c24)c56)C1(C)CCC7(C)CC1. The third-order valence-corrected chi connectivity index (χ3v) is 15.6. The number of benzene rings is 4. The Morgan fingerprint density at radius 2 is 1.07 bits per heavy atom. The molecule has 5 heteroatoms.